The molecule has 4 heterocycles. The molecule has 1 aliphatic carbocycles. The second-order valence-electron chi connectivity index (χ2n) is 9.94. The Morgan fingerprint density at radius 1 is 1.12 bits per heavy atom. The second kappa shape index (κ2) is 9.41. The molecular weight excluding hydrogens is 564 g/mol. The molecular formula is C26H22F4N8O2S. The van der Waals surface area contributed by atoms with Crippen LogP contribution in [0.5, 0.6) is 0 Å². The third kappa shape index (κ3) is 4.54. The van der Waals surface area contributed by atoms with Gasteiger partial charge in [0.25, 0.3) is 0 Å². The second-order valence-corrected chi connectivity index (χ2v) is 11.9. The number of hydrogen-bond donors (Lipinski definition) is 1. The van der Waals surface area contributed by atoms with Crippen LogP contribution in [0.2, 0.25) is 0 Å². The molecule has 0 amide bonds. The quantitative estimate of drug-likeness (QED) is 0.278. The zero-order valence-corrected chi connectivity index (χ0v) is 22.3. The summed E-state index contributed by atoms with van der Waals surface area (Å²) in [5.41, 5.74) is -0.476. The first-order valence-electron chi connectivity index (χ1n) is 12.4. The van der Waals surface area contributed by atoms with Crippen LogP contribution in [0.1, 0.15) is 33.7 Å². The van der Waals surface area contributed by atoms with E-state index >= 15 is 0 Å². The molecule has 4 aromatic rings. The minimum atomic E-state index is -4.69. The minimum absolute atomic E-state index is 0.0125. The van der Waals surface area contributed by atoms with Crippen molar-refractivity contribution in [3.05, 3.63) is 88.9 Å². The van der Waals surface area contributed by atoms with E-state index in [9.17, 15) is 26.6 Å². The first-order valence-corrected chi connectivity index (χ1v) is 13.9. The third-order valence-electron chi connectivity index (χ3n) is 7.43. The van der Waals surface area contributed by atoms with Gasteiger partial charge in [0.2, 0.25) is 0 Å². The number of aromatic nitrogens is 6. The number of ketones is 1. The van der Waals surface area contributed by atoms with Gasteiger partial charge in [-0.2, -0.15) is 28.2 Å². The molecule has 1 saturated heterocycles. The number of carbonyl (C=O) groups excluding carboxylic acids is 1. The molecule has 0 radical (unpaired) electrons. The summed E-state index contributed by atoms with van der Waals surface area (Å²) in [6.07, 6.45) is 0.962. The van der Waals surface area contributed by atoms with Crippen LogP contribution >= 0.6 is 0 Å². The first kappa shape index (κ1) is 27.0. The monoisotopic (exact) mass is 586 g/mol. The molecule has 0 spiro atoms. The number of rotatable bonds is 5. The Hall–Kier alpha value is -4.24. The predicted octanol–water partition coefficient (Wildman–Crippen LogP) is 4.09. The normalized spacial score (nSPS) is 20.6. The maximum Gasteiger partial charge on any atom is 0.416 e. The Kier molecular flexibility index (Phi) is 6.19. The van der Waals surface area contributed by atoms with Gasteiger partial charge in [0.15, 0.2) is 20.7 Å². The lowest BCUT2D eigenvalue weighted by atomic mass is 9.65. The van der Waals surface area contributed by atoms with E-state index in [1.165, 1.54) is 34.5 Å². The lowest BCUT2D eigenvalue weighted by Crippen LogP contribution is -2.53. The van der Waals surface area contributed by atoms with Gasteiger partial charge < -0.3 is 0 Å². The number of carbonyl (C=O) groups is 1. The van der Waals surface area contributed by atoms with E-state index in [0.29, 0.717) is 28.6 Å². The van der Waals surface area contributed by atoms with Crippen molar-refractivity contribution in [3.63, 3.8) is 0 Å². The summed E-state index contributed by atoms with van der Waals surface area (Å²) in [5.74, 6) is -1.10. The highest BCUT2D eigenvalue weighted by molar-refractivity contribution is 7.90. The fourth-order valence-electron chi connectivity index (χ4n) is 5.39. The summed E-state index contributed by atoms with van der Waals surface area (Å²) in [4.78, 5) is 19.4. The first-order chi connectivity index (χ1) is 19.4. The minimum Gasteiger partial charge on any atom is -0.291 e. The lowest BCUT2D eigenvalue weighted by Gasteiger charge is -2.45. The zero-order chi connectivity index (χ0) is 29.2. The number of alkyl halides is 3. The number of piperidine rings is 1. The average Bonchev–Trinajstić information content (AvgIpc) is 3.57. The van der Waals surface area contributed by atoms with E-state index in [1.807, 2.05) is 0 Å². The summed E-state index contributed by atoms with van der Waals surface area (Å²) >= 11 is 0. The third-order valence-corrected chi connectivity index (χ3v) is 9.23. The van der Waals surface area contributed by atoms with Crippen LogP contribution in [0.25, 0.3) is 11.8 Å². The van der Waals surface area contributed by atoms with Gasteiger partial charge in [-0.05, 0) is 60.9 Å². The highest BCUT2D eigenvalue weighted by atomic mass is 32.2. The molecule has 3 aromatic heterocycles. The average molecular weight is 587 g/mol. The van der Waals surface area contributed by atoms with Crippen LogP contribution in [0.4, 0.5) is 17.6 Å². The number of aryl methyl sites for hydroxylation is 1. The molecule has 6 rings (SSSR count). The summed E-state index contributed by atoms with van der Waals surface area (Å²) < 4.78 is 79.5. The summed E-state index contributed by atoms with van der Waals surface area (Å²) in [5, 5.41) is 12.3. The topological polar surface area (TPSA) is 123 Å². The Bertz CT molecular complexity index is 1810. The van der Waals surface area contributed by atoms with Crippen molar-refractivity contribution in [2.24, 2.45) is 12.5 Å². The van der Waals surface area contributed by atoms with Gasteiger partial charge in [-0.15, -0.1) is 5.10 Å². The summed E-state index contributed by atoms with van der Waals surface area (Å²) in [6.45, 7) is -0.106. The maximum atomic E-state index is 14.2. The number of benzene rings is 1. The van der Waals surface area contributed by atoms with E-state index in [4.69, 9.17) is 4.78 Å². The highest BCUT2D eigenvalue weighted by Gasteiger charge is 2.51. The van der Waals surface area contributed by atoms with Gasteiger partial charge in [0.1, 0.15) is 11.5 Å². The molecule has 2 atom stereocenters. The van der Waals surface area contributed by atoms with E-state index in [0.717, 1.165) is 12.3 Å². The molecule has 10 nitrogen and oxygen atoms in total. The molecule has 41 heavy (non-hydrogen) atoms. The van der Waals surface area contributed by atoms with Crippen molar-refractivity contribution in [2.75, 3.05) is 13.1 Å². The molecule has 2 aliphatic rings. The molecule has 0 saturated carbocycles. The molecule has 212 valence electrons. The van der Waals surface area contributed by atoms with Crippen LogP contribution in [0.3, 0.4) is 0 Å². The predicted molar refractivity (Wildman–Crippen MR) is 138 cm³/mol. The van der Waals surface area contributed by atoms with Gasteiger partial charge in [-0.1, -0.05) is 5.57 Å². The fourth-order valence-corrected chi connectivity index (χ4v) is 6.82. The van der Waals surface area contributed by atoms with Crippen molar-refractivity contribution < 1.29 is 26.6 Å². The van der Waals surface area contributed by atoms with Gasteiger partial charge >= 0.3 is 6.18 Å². The number of nitrogens with one attached hydrogen (secondary N) is 1. The van der Waals surface area contributed by atoms with Crippen LogP contribution in [-0.2, 0) is 29.6 Å². The number of halogens is 4. The van der Waals surface area contributed by atoms with E-state index < -0.39 is 44.4 Å². The smallest absolute Gasteiger partial charge is 0.291 e. The van der Waals surface area contributed by atoms with Crippen LogP contribution in [0.15, 0.2) is 65.6 Å². The number of Topliss-reactive ketones (excluding diaryl/α,β-unsaturated/α-hetero) is 1. The molecule has 1 aromatic carbocycles. The van der Waals surface area contributed by atoms with Crippen molar-refractivity contribution in [3.8, 4) is 5.69 Å². The fraction of sp³-hybridized carbons (Fsp3) is 0.269. The Labute approximate surface area is 231 Å². The van der Waals surface area contributed by atoms with Gasteiger partial charge in [-0.3, -0.25) is 9.78 Å². The van der Waals surface area contributed by atoms with E-state index in [2.05, 4.69) is 20.3 Å². The van der Waals surface area contributed by atoms with E-state index in [1.54, 1.807) is 29.1 Å². The number of nitrogens with zero attached hydrogens (tertiary/aromatic N) is 7. The van der Waals surface area contributed by atoms with Crippen LogP contribution in [0, 0.1) is 16.0 Å². The van der Waals surface area contributed by atoms with Crippen LogP contribution < -0.4 is 0 Å². The lowest BCUT2D eigenvalue weighted by molar-refractivity contribution is -0.137. The highest BCUT2D eigenvalue weighted by Crippen LogP contribution is 2.47. The Morgan fingerprint density at radius 2 is 1.88 bits per heavy atom. The summed E-state index contributed by atoms with van der Waals surface area (Å²) in [6, 6.07) is 7.20. The largest absolute Gasteiger partial charge is 0.416 e. The molecule has 1 N–H and O–H groups in total. The maximum absolute atomic E-state index is 14.2. The van der Waals surface area contributed by atoms with Crippen molar-refractivity contribution in [2.45, 2.75) is 24.0 Å². The molecule has 1 aliphatic heterocycles. The SMILES string of the molecule is Cn1ncc([S@@](=N)(=O)N2CCC3=Cc4c(cnn4-c4ccc(F)cc4)C[C@]3(C(=O)c3cc(C(F)(F)F)ccn3)C2)n1. The van der Waals surface area contributed by atoms with Gasteiger partial charge in [-0.25, -0.2) is 22.4 Å². The van der Waals surface area contributed by atoms with Gasteiger partial charge in [0, 0.05) is 26.3 Å². The van der Waals surface area contributed by atoms with Crippen LogP contribution in [-0.4, -0.2) is 57.1 Å². The molecule has 15 heteroatoms. The van der Waals surface area contributed by atoms with Gasteiger partial charge in [0.05, 0.1) is 34.8 Å². The number of pyridine rings is 1. The number of fused-ring (bicyclic) bond motifs is 2. The Morgan fingerprint density at radius 3 is 2.56 bits per heavy atom. The van der Waals surface area contributed by atoms with Crippen molar-refractivity contribution in [1.82, 2.24) is 34.1 Å². The molecule has 1 fully saturated rings. The van der Waals surface area contributed by atoms with Crippen molar-refractivity contribution >= 4 is 21.8 Å². The zero-order valence-electron chi connectivity index (χ0n) is 21.5. The standard InChI is InChI=1S/C26H22F4N8O2S/c1-36-33-14-23(35-36)41(31,40)37-9-7-17-11-22-16(13-34-38(22)20-4-2-19(27)3-5-20)12-25(17,15-37)24(39)21-10-18(6-8-32-21)26(28,29)30/h2-6,8,10-11,13-14,31H,7,9,12,15H2,1H3/t25-,41-/m0/s1. The molecule has 0 bridgehead atoms. The Balaban J connectivity index is 1.47. The van der Waals surface area contributed by atoms with Crippen molar-refractivity contribution in [1.29, 1.82) is 4.78 Å². The molecule has 0 unspecified atom stereocenters. The summed E-state index contributed by atoms with van der Waals surface area (Å²) in [7, 11) is -2.18. The van der Waals surface area contributed by atoms with E-state index in [-0.39, 0.29) is 31.0 Å². The number of hydrogen-bond acceptors (Lipinski definition) is 7.